The highest BCUT2D eigenvalue weighted by molar-refractivity contribution is 5.98. The number of aromatic nitrogens is 1. The van der Waals surface area contributed by atoms with E-state index in [2.05, 4.69) is 10.3 Å². The Morgan fingerprint density at radius 3 is 2.56 bits per heavy atom. The molecule has 1 amide bonds. The van der Waals surface area contributed by atoms with E-state index in [4.69, 9.17) is 5.73 Å². The second-order valence-electron chi connectivity index (χ2n) is 4.50. The van der Waals surface area contributed by atoms with Crippen molar-refractivity contribution in [2.75, 3.05) is 5.32 Å². The minimum atomic E-state index is -0.669. The largest absolute Gasteiger partial charge is 0.324 e. The van der Waals surface area contributed by atoms with Gasteiger partial charge in [-0.05, 0) is 31.9 Å². The number of pyridine rings is 1. The zero-order valence-corrected chi connectivity index (χ0v) is 11.9. The molecule has 6 heteroatoms. The second kappa shape index (κ2) is 6.92. The number of carbonyl (C=O) groups is 1. The molecule has 1 aliphatic carbocycles. The first-order chi connectivity index (χ1) is 7.60. The SMILES string of the molecule is Cc1cc(NC(=O)C2(N)CCCC2)ccn1.Cl.Cl. The van der Waals surface area contributed by atoms with E-state index in [1.54, 1.807) is 12.3 Å². The zero-order valence-electron chi connectivity index (χ0n) is 10.3. The molecular formula is C12H19Cl2N3O. The number of nitrogens with two attached hydrogens (primary N) is 1. The van der Waals surface area contributed by atoms with E-state index in [0.29, 0.717) is 0 Å². The van der Waals surface area contributed by atoms with Crippen LogP contribution >= 0.6 is 24.8 Å². The van der Waals surface area contributed by atoms with Crippen molar-refractivity contribution in [3.63, 3.8) is 0 Å². The van der Waals surface area contributed by atoms with Gasteiger partial charge in [0.05, 0.1) is 5.54 Å². The average Bonchev–Trinajstić information content (AvgIpc) is 2.66. The van der Waals surface area contributed by atoms with Gasteiger partial charge in [0.2, 0.25) is 5.91 Å². The maximum absolute atomic E-state index is 12.0. The number of amides is 1. The normalized spacial score (nSPS) is 16.3. The number of aryl methyl sites for hydroxylation is 1. The van der Waals surface area contributed by atoms with Crippen molar-refractivity contribution in [3.05, 3.63) is 24.0 Å². The molecule has 1 aromatic rings. The minimum Gasteiger partial charge on any atom is -0.324 e. The van der Waals surface area contributed by atoms with Crippen LogP contribution in [0.4, 0.5) is 5.69 Å². The number of halogens is 2. The van der Waals surface area contributed by atoms with Gasteiger partial charge in [-0.25, -0.2) is 0 Å². The monoisotopic (exact) mass is 291 g/mol. The fraction of sp³-hybridized carbons (Fsp3) is 0.500. The van der Waals surface area contributed by atoms with Crippen LogP contribution in [0.1, 0.15) is 31.4 Å². The molecule has 0 atom stereocenters. The molecule has 18 heavy (non-hydrogen) atoms. The van der Waals surface area contributed by atoms with E-state index in [9.17, 15) is 4.79 Å². The Morgan fingerprint density at radius 1 is 1.39 bits per heavy atom. The summed E-state index contributed by atoms with van der Waals surface area (Å²) in [6.07, 6.45) is 5.33. The molecule has 102 valence electrons. The van der Waals surface area contributed by atoms with Gasteiger partial charge >= 0.3 is 0 Å². The van der Waals surface area contributed by atoms with Crippen molar-refractivity contribution in [2.24, 2.45) is 5.73 Å². The molecule has 0 spiro atoms. The van der Waals surface area contributed by atoms with Gasteiger partial charge in [-0.15, -0.1) is 24.8 Å². The van der Waals surface area contributed by atoms with E-state index in [1.165, 1.54) is 0 Å². The van der Waals surface area contributed by atoms with Crippen molar-refractivity contribution in [2.45, 2.75) is 38.1 Å². The van der Waals surface area contributed by atoms with Gasteiger partial charge in [-0.2, -0.15) is 0 Å². The van der Waals surface area contributed by atoms with E-state index >= 15 is 0 Å². The minimum absolute atomic E-state index is 0. The molecule has 1 fully saturated rings. The summed E-state index contributed by atoms with van der Waals surface area (Å²) in [5.41, 5.74) is 7.05. The van der Waals surface area contributed by atoms with Crippen molar-refractivity contribution in [3.8, 4) is 0 Å². The molecular weight excluding hydrogens is 273 g/mol. The predicted octanol–water partition coefficient (Wildman–Crippen LogP) is 2.44. The molecule has 0 saturated heterocycles. The van der Waals surface area contributed by atoms with Crippen molar-refractivity contribution in [1.29, 1.82) is 0 Å². The molecule has 0 radical (unpaired) electrons. The Morgan fingerprint density at radius 2 is 2.00 bits per heavy atom. The average molecular weight is 292 g/mol. The highest BCUT2D eigenvalue weighted by atomic mass is 35.5. The summed E-state index contributed by atoms with van der Waals surface area (Å²) in [5.74, 6) is -0.0735. The van der Waals surface area contributed by atoms with Gasteiger partial charge in [0.25, 0.3) is 0 Å². The van der Waals surface area contributed by atoms with Crippen LogP contribution in [0.15, 0.2) is 18.3 Å². The highest BCUT2D eigenvalue weighted by Crippen LogP contribution is 2.28. The van der Waals surface area contributed by atoms with Crippen molar-refractivity contribution < 1.29 is 4.79 Å². The summed E-state index contributed by atoms with van der Waals surface area (Å²) in [4.78, 5) is 16.1. The molecule has 4 nitrogen and oxygen atoms in total. The second-order valence-corrected chi connectivity index (χ2v) is 4.50. The highest BCUT2D eigenvalue weighted by Gasteiger charge is 2.36. The Bertz CT molecular complexity index is 406. The zero-order chi connectivity index (χ0) is 11.6. The summed E-state index contributed by atoms with van der Waals surface area (Å²) >= 11 is 0. The van der Waals surface area contributed by atoms with Crippen molar-refractivity contribution in [1.82, 2.24) is 4.98 Å². The lowest BCUT2D eigenvalue weighted by Crippen LogP contribution is -2.48. The van der Waals surface area contributed by atoms with Crippen LogP contribution < -0.4 is 11.1 Å². The lowest BCUT2D eigenvalue weighted by atomic mass is 9.98. The standard InChI is InChI=1S/C12H17N3O.2ClH/c1-9-8-10(4-7-14-9)15-11(16)12(13)5-2-3-6-12;;/h4,7-8H,2-3,5-6,13H2,1H3,(H,14,15,16);2*1H. The number of anilines is 1. The topological polar surface area (TPSA) is 68.0 Å². The molecule has 1 aliphatic rings. The maximum Gasteiger partial charge on any atom is 0.244 e. The van der Waals surface area contributed by atoms with Crippen LogP contribution in [0.2, 0.25) is 0 Å². The van der Waals surface area contributed by atoms with E-state index in [-0.39, 0.29) is 30.7 Å². The van der Waals surface area contributed by atoms with Crippen LogP contribution in [0.5, 0.6) is 0 Å². The molecule has 0 aliphatic heterocycles. The molecule has 0 unspecified atom stereocenters. The molecule has 0 aromatic carbocycles. The molecule has 1 aromatic heterocycles. The number of carbonyl (C=O) groups excluding carboxylic acids is 1. The summed E-state index contributed by atoms with van der Waals surface area (Å²) in [6, 6.07) is 3.62. The van der Waals surface area contributed by atoms with Gasteiger partial charge in [-0.3, -0.25) is 9.78 Å². The molecule has 3 N–H and O–H groups in total. The number of hydrogen-bond donors (Lipinski definition) is 2. The lowest BCUT2D eigenvalue weighted by Gasteiger charge is -2.22. The van der Waals surface area contributed by atoms with Crippen LogP contribution in [-0.4, -0.2) is 16.4 Å². The van der Waals surface area contributed by atoms with Gasteiger partial charge in [0.15, 0.2) is 0 Å². The Labute approximate surface area is 120 Å². The smallest absolute Gasteiger partial charge is 0.244 e. The molecule has 1 heterocycles. The third kappa shape index (κ3) is 3.83. The molecule has 0 bridgehead atoms. The fourth-order valence-electron chi connectivity index (χ4n) is 2.11. The van der Waals surface area contributed by atoms with Crippen LogP contribution in [0.3, 0.4) is 0 Å². The predicted molar refractivity (Wildman–Crippen MR) is 77.5 cm³/mol. The third-order valence-electron chi connectivity index (χ3n) is 3.10. The van der Waals surface area contributed by atoms with Crippen molar-refractivity contribution >= 4 is 36.4 Å². The van der Waals surface area contributed by atoms with E-state index in [0.717, 1.165) is 37.1 Å². The first-order valence-corrected chi connectivity index (χ1v) is 5.63. The van der Waals surface area contributed by atoms with E-state index < -0.39 is 5.54 Å². The summed E-state index contributed by atoms with van der Waals surface area (Å²) in [7, 11) is 0. The lowest BCUT2D eigenvalue weighted by molar-refractivity contribution is -0.121. The maximum atomic E-state index is 12.0. The Hall–Kier alpha value is -0.840. The number of nitrogens with one attached hydrogen (secondary N) is 1. The van der Waals surface area contributed by atoms with Gasteiger partial charge in [0.1, 0.15) is 0 Å². The summed E-state index contributed by atoms with van der Waals surface area (Å²) in [5, 5.41) is 2.86. The van der Waals surface area contributed by atoms with Gasteiger partial charge < -0.3 is 11.1 Å². The molecule has 2 rings (SSSR count). The van der Waals surface area contributed by atoms with Crippen LogP contribution in [0.25, 0.3) is 0 Å². The van der Waals surface area contributed by atoms with E-state index in [1.807, 2.05) is 13.0 Å². The Balaban J connectivity index is 0.00000144. The first-order valence-electron chi connectivity index (χ1n) is 5.63. The van der Waals surface area contributed by atoms with Gasteiger partial charge in [-0.1, -0.05) is 12.8 Å². The fourth-order valence-corrected chi connectivity index (χ4v) is 2.11. The Kier molecular flexibility index (Phi) is 6.60. The third-order valence-corrected chi connectivity index (χ3v) is 3.10. The number of hydrogen-bond acceptors (Lipinski definition) is 3. The van der Waals surface area contributed by atoms with Crippen LogP contribution in [-0.2, 0) is 4.79 Å². The van der Waals surface area contributed by atoms with Crippen LogP contribution in [0, 0.1) is 6.92 Å². The summed E-state index contributed by atoms with van der Waals surface area (Å²) in [6.45, 7) is 1.89. The molecule has 1 saturated carbocycles. The van der Waals surface area contributed by atoms with Gasteiger partial charge in [0, 0.05) is 17.6 Å². The summed E-state index contributed by atoms with van der Waals surface area (Å²) < 4.78 is 0. The number of nitrogens with zero attached hydrogens (tertiary/aromatic N) is 1. The number of rotatable bonds is 2. The first kappa shape index (κ1) is 17.2. The quantitative estimate of drug-likeness (QED) is 0.879.